The number of para-hydroxylation sites is 3. The third-order valence-corrected chi connectivity index (χ3v) is 16.2. The highest BCUT2D eigenvalue weighted by Gasteiger charge is 2.35. The molecule has 0 aliphatic heterocycles. The fourth-order valence-electron chi connectivity index (χ4n) is 12.8. The van der Waals surface area contributed by atoms with Gasteiger partial charge < -0.3 is 9.13 Å². The van der Waals surface area contributed by atoms with Crippen LogP contribution < -0.4 is 0 Å². The van der Waals surface area contributed by atoms with Crippen molar-refractivity contribution < 1.29 is 0 Å². The first-order chi connectivity index (χ1) is 36.4. The summed E-state index contributed by atoms with van der Waals surface area (Å²) in [6.45, 7) is 4.70. The van der Waals surface area contributed by atoms with Gasteiger partial charge in [0.1, 0.15) is 0 Å². The van der Waals surface area contributed by atoms with E-state index in [0.717, 1.165) is 55.5 Å². The van der Waals surface area contributed by atoms with Crippen LogP contribution >= 0.6 is 0 Å². The van der Waals surface area contributed by atoms with Crippen molar-refractivity contribution >= 4 is 87.0 Å². The van der Waals surface area contributed by atoms with Crippen molar-refractivity contribution in [3.05, 3.63) is 248 Å². The molecule has 1 aliphatic rings. The topological polar surface area (TPSA) is 40.6 Å². The first kappa shape index (κ1) is 41.1. The molecular formula is C69H45N5. The van der Waals surface area contributed by atoms with Crippen LogP contribution in [0.15, 0.2) is 237 Å². The first-order valence-corrected chi connectivity index (χ1v) is 25.6. The second-order valence-corrected chi connectivity index (χ2v) is 20.6. The van der Waals surface area contributed by atoms with E-state index >= 15 is 0 Å². The molecule has 0 amide bonds. The van der Waals surface area contributed by atoms with Gasteiger partial charge in [-0.2, -0.15) is 0 Å². The average molecular weight is 944 g/mol. The normalized spacial score (nSPS) is 13.1. The van der Waals surface area contributed by atoms with E-state index in [-0.39, 0.29) is 5.41 Å². The van der Waals surface area contributed by atoms with Crippen LogP contribution in [0.3, 0.4) is 0 Å². The number of hydrogen-bond acceptors (Lipinski definition) is 2. The highest BCUT2D eigenvalue weighted by Crippen LogP contribution is 2.50. The summed E-state index contributed by atoms with van der Waals surface area (Å²) in [6.07, 6.45) is 0. The van der Waals surface area contributed by atoms with Crippen molar-refractivity contribution in [1.29, 1.82) is 0 Å². The number of hydrogen-bond donors (Lipinski definition) is 0. The van der Waals surface area contributed by atoms with Gasteiger partial charge in [-0.1, -0.05) is 172 Å². The Morgan fingerprint density at radius 3 is 1.39 bits per heavy atom. The van der Waals surface area contributed by atoms with Crippen LogP contribution in [-0.2, 0) is 5.41 Å². The molecule has 74 heavy (non-hydrogen) atoms. The molecule has 5 nitrogen and oxygen atoms in total. The molecule has 4 aromatic heterocycles. The molecule has 0 unspecified atom stereocenters. The van der Waals surface area contributed by atoms with Crippen molar-refractivity contribution in [3.8, 4) is 51.0 Å². The smallest absolute Gasteiger partial charge is 0.235 e. The van der Waals surface area contributed by atoms with E-state index in [1.54, 1.807) is 0 Å². The lowest BCUT2D eigenvalue weighted by Crippen LogP contribution is -2.14. The second kappa shape index (κ2) is 15.2. The molecule has 0 fully saturated rings. The van der Waals surface area contributed by atoms with Crippen LogP contribution in [0, 0.1) is 0 Å². The summed E-state index contributed by atoms with van der Waals surface area (Å²) in [5.41, 5.74) is 18.3. The Kier molecular flexibility index (Phi) is 8.45. The van der Waals surface area contributed by atoms with Gasteiger partial charge >= 0.3 is 0 Å². The van der Waals surface area contributed by atoms with Crippen LogP contribution in [0.1, 0.15) is 25.0 Å². The SMILES string of the molecule is CC1(C)c2ccccc2-c2cc(-n3c4ccccc4c4c5c6ccccc6n(-c6ccc7c(c6)c6ccccc6n7-c6nc(-c7ccc8ccccc8c7)cc(-c7ccc8ccccc8c7)n6)c5ccc43)ccc21. The molecule has 0 bridgehead atoms. The monoisotopic (exact) mass is 943 g/mol. The summed E-state index contributed by atoms with van der Waals surface area (Å²) >= 11 is 0. The lowest BCUT2D eigenvalue weighted by atomic mass is 9.82. The van der Waals surface area contributed by atoms with Gasteiger partial charge in [0.15, 0.2) is 0 Å². The van der Waals surface area contributed by atoms with Crippen molar-refractivity contribution in [2.45, 2.75) is 19.3 Å². The third kappa shape index (κ3) is 5.80. The van der Waals surface area contributed by atoms with E-state index in [9.17, 15) is 0 Å². The number of aromatic nitrogens is 5. The van der Waals surface area contributed by atoms with Gasteiger partial charge in [-0.25, -0.2) is 9.97 Å². The Balaban J connectivity index is 0.904. The minimum atomic E-state index is -0.0591. The van der Waals surface area contributed by atoms with E-state index in [1.165, 1.54) is 87.6 Å². The van der Waals surface area contributed by atoms with Gasteiger partial charge in [-0.15, -0.1) is 0 Å². The number of nitrogens with zero attached hydrogens (tertiary/aromatic N) is 5. The second-order valence-electron chi connectivity index (χ2n) is 20.6. The summed E-state index contributed by atoms with van der Waals surface area (Å²) in [5, 5.41) is 12.0. The first-order valence-electron chi connectivity index (χ1n) is 25.6. The zero-order valence-electron chi connectivity index (χ0n) is 40.8. The molecule has 346 valence electrons. The van der Waals surface area contributed by atoms with Gasteiger partial charge in [0.05, 0.1) is 44.5 Å². The fourth-order valence-corrected chi connectivity index (χ4v) is 12.8. The number of benzene rings is 11. The summed E-state index contributed by atoms with van der Waals surface area (Å²) in [6, 6.07) is 86.6. The molecule has 0 saturated heterocycles. The quantitative estimate of drug-likeness (QED) is 0.172. The van der Waals surface area contributed by atoms with Crippen molar-refractivity contribution in [2.75, 3.05) is 0 Å². The van der Waals surface area contributed by atoms with Crippen molar-refractivity contribution in [1.82, 2.24) is 23.7 Å². The predicted octanol–water partition coefficient (Wildman–Crippen LogP) is 17.7. The zero-order valence-corrected chi connectivity index (χ0v) is 40.8. The standard InChI is InChI=1S/C69H45N5/c1-69(2)56-23-11-7-19-50(56)54-39-48(31-33-57(54)69)72-61-25-13-9-21-52(61)66-64(72)35-36-65-67(66)53-22-10-14-26-62(53)73(65)49-32-34-63-55(40-49)51-20-8-12-24-60(51)74(63)68-70-58(46-29-27-42-15-3-5-17-44(42)37-46)41-59(71-68)47-30-28-43-16-4-6-18-45(43)38-47/h3-41H,1-2H3. The fraction of sp³-hybridized carbons (Fsp3) is 0.0435. The molecule has 16 rings (SSSR count). The minimum Gasteiger partial charge on any atom is -0.309 e. The maximum absolute atomic E-state index is 5.45. The van der Waals surface area contributed by atoms with Crippen LogP contribution in [0.2, 0.25) is 0 Å². The molecule has 11 aromatic carbocycles. The molecular weight excluding hydrogens is 899 g/mol. The van der Waals surface area contributed by atoms with E-state index in [0.29, 0.717) is 5.95 Å². The highest BCUT2D eigenvalue weighted by molar-refractivity contribution is 6.29. The van der Waals surface area contributed by atoms with Gasteiger partial charge in [-0.05, 0) is 123 Å². The Bertz CT molecular complexity index is 4790. The number of rotatable bonds is 5. The Morgan fingerprint density at radius 2 is 0.770 bits per heavy atom. The molecule has 0 spiro atoms. The third-order valence-electron chi connectivity index (χ3n) is 16.2. The van der Waals surface area contributed by atoms with E-state index in [2.05, 4.69) is 264 Å². The van der Waals surface area contributed by atoms with Gasteiger partial charge in [0, 0.05) is 60.2 Å². The molecule has 0 saturated carbocycles. The molecule has 15 aromatic rings. The van der Waals surface area contributed by atoms with E-state index in [1.807, 2.05) is 0 Å². The van der Waals surface area contributed by atoms with Crippen LogP contribution in [0.5, 0.6) is 0 Å². The summed E-state index contributed by atoms with van der Waals surface area (Å²) in [5.74, 6) is 0.629. The van der Waals surface area contributed by atoms with Crippen LogP contribution in [-0.4, -0.2) is 23.7 Å². The van der Waals surface area contributed by atoms with Crippen molar-refractivity contribution in [2.24, 2.45) is 0 Å². The van der Waals surface area contributed by atoms with E-state index < -0.39 is 0 Å². The van der Waals surface area contributed by atoms with Crippen LogP contribution in [0.25, 0.3) is 138 Å². The lowest BCUT2D eigenvalue weighted by Gasteiger charge is -2.21. The van der Waals surface area contributed by atoms with Crippen molar-refractivity contribution in [3.63, 3.8) is 0 Å². The molecule has 1 aliphatic carbocycles. The largest absolute Gasteiger partial charge is 0.309 e. The average Bonchev–Trinajstić information content (AvgIpc) is 4.22. The Hall–Kier alpha value is -9.58. The van der Waals surface area contributed by atoms with Gasteiger partial charge in [0.2, 0.25) is 5.95 Å². The van der Waals surface area contributed by atoms with Gasteiger partial charge in [-0.3, -0.25) is 4.57 Å². The lowest BCUT2D eigenvalue weighted by molar-refractivity contribution is 0.660. The Morgan fingerprint density at radius 1 is 0.311 bits per heavy atom. The Labute approximate surface area is 426 Å². The van der Waals surface area contributed by atoms with Gasteiger partial charge in [0.25, 0.3) is 0 Å². The highest BCUT2D eigenvalue weighted by atomic mass is 15.2. The number of fused-ring (bicyclic) bond motifs is 15. The van der Waals surface area contributed by atoms with Crippen LogP contribution in [0.4, 0.5) is 0 Å². The van der Waals surface area contributed by atoms with E-state index in [4.69, 9.17) is 9.97 Å². The zero-order chi connectivity index (χ0) is 48.8. The summed E-state index contributed by atoms with van der Waals surface area (Å²) < 4.78 is 7.20. The summed E-state index contributed by atoms with van der Waals surface area (Å²) in [4.78, 5) is 10.9. The molecule has 0 N–H and O–H groups in total. The maximum Gasteiger partial charge on any atom is 0.235 e. The maximum atomic E-state index is 5.45. The predicted molar refractivity (Wildman–Crippen MR) is 308 cm³/mol. The summed E-state index contributed by atoms with van der Waals surface area (Å²) in [7, 11) is 0. The molecule has 0 radical (unpaired) electrons. The molecule has 0 atom stereocenters. The minimum absolute atomic E-state index is 0.0591. The molecule has 4 heterocycles. The molecule has 5 heteroatoms.